The third kappa shape index (κ3) is 1.85. The summed E-state index contributed by atoms with van der Waals surface area (Å²) in [6.07, 6.45) is 2.75. The number of carbonyl (C=O) groups is 2. The Morgan fingerprint density at radius 2 is 1.69 bits per heavy atom. The quantitative estimate of drug-likeness (QED) is 0.595. The average Bonchev–Trinajstić information content (AvgIpc) is 2.88. The molecule has 9 atom stereocenters. The van der Waals surface area contributed by atoms with Crippen LogP contribution in [0.2, 0.25) is 0 Å². The lowest BCUT2D eigenvalue weighted by atomic mass is 9.52. The molecule has 0 radical (unpaired) electrons. The summed E-state index contributed by atoms with van der Waals surface area (Å²) < 4.78 is 0. The molecule has 4 rings (SSSR count). The number of aliphatic hydroxyl groups is 2. The summed E-state index contributed by atoms with van der Waals surface area (Å²) in [6, 6.07) is 0. The fourth-order valence-corrected chi connectivity index (χ4v) is 8.24. The monoisotopic (exact) mass is 366 g/mol. The van der Waals surface area contributed by atoms with Crippen LogP contribution in [0.5, 0.6) is 0 Å². The van der Waals surface area contributed by atoms with Crippen LogP contribution in [0.15, 0.2) is 0 Å². The minimum atomic E-state index is -1.48. The number of hydrogen-bond acceptors (Lipinski definition) is 4. The molecule has 0 heterocycles. The van der Waals surface area contributed by atoms with Gasteiger partial charge in [0, 0.05) is 0 Å². The molecule has 0 aromatic rings. The number of hydrogen-bond donors (Lipinski definition) is 4. The summed E-state index contributed by atoms with van der Waals surface area (Å²) in [7, 11) is 0. The molecule has 6 heteroatoms. The van der Waals surface area contributed by atoms with Gasteiger partial charge in [-0.25, -0.2) is 0 Å². The van der Waals surface area contributed by atoms with E-state index in [4.69, 9.17) is 0 Å². The SMILES string of the molecule is C[C@@]12CC[C@H](O)[C@@](C)(C(=O)O)[C@H]1[C@H](C(=O)O)[C@@]13C[C@@H](CC[C@@H]21)[C@@](C)(O)C3. The van der Waals surface area contributed by atoms with E-state index < -0.39 is 51.7 Å². The van der Waals surface area contributed by atoms with Gasteiger partial charge in [-0.15, -0.1) is 0 Å². The van der Waals surface area contributed by atoms with E-state index in [-0.39, 0.29) is 11.8 Å². The third-order valence-electron chi connectivity index (χ3n) is 9.17. The van der Waals surface area contributed by atoms with E-state index in [1.54, 1.807) is 0 Å². The van der Waals surface area contributed by atoms with Gasteiger partial charge in [0.25, 0.3) is 0 Å². The first-order valence-electron chi connectivity index (χ1n) is 9.78. The molecule has 2 bridgehead atoms. The number of fused-ring (bicyclic) bond motifs is 3. The average molecular weight is 366 g/mol. The molecule has 0 aromatic carbocycles. The topological polar surface area (TPSA) is 115 Å². The molecule has 146 valence electrons. The number of aliphatic hydroxyl groups excluding tert-OH is 1. The van der Waals surface area contributed by atoms with E-state index in [0.29, 0.717) is 25.7 Å². The standard InChI is InChI=1S/C20H30O6/c1-17-7-6-12(21)19(3,16(24)25)14(17)13(15(22)23)20-8-10(4-5-11(17)20)18(2,26)9-20/h10-14,21,26H,4-9H2,1-3H3,(H,22,23)(H,24,25)/t10-,11+,12+,13-,14+,17+,18+,19-,20-/m1/s1. The Bertz CT molecular complexity index is 673. The molecular formula is C20H30O6. The van der Waals surface area contributed by atoms with Gasteiger partial charge in [0.1, 0.15) is 0 Å². The van der Waals surface area contributed by atoms with Gasteiger partial charge in [-0.05, 0) is 81.0 Å². The fourth-order valence-electron chi connectivity index (χ4n) is 8.24. The van der Waals surface area contributed by atoms with E-state index in [9.17, 15) is 30.0 Å². The van der Waals surface area contributed by atoms with Crippen molar-refractivity contribution in [2.75, 3.05) is 0 Å². The van der Waals surface area contributed by atoms with Crippen LogP contribution in [0.25, 0.3) is 0 Å². The highest BCUT2D eigenvalue weighted by Crippen LogP contribution is 2.78. The van der Waals surface area contributed by atoms with Crippen molar-refractivity contribution in [3.63, 3.8) is 0 Å². The first-order valence-corrected chi connectivity index (χ1v) is 9.78. The van der Waals surface area contributed by atoms with E-state index in [1.807, 2.05) is 13.8 Å². The molecule has 0 unspecified atom stereocenters. The van der Waals surface area contributed by atoms with E-state index >= 15 is 0 Å². The van der Waals surface area contributed by atoms with E-state index in [0.717, 1.165) is 12.8 Å². The summed E-state index contributed by atoms with van der Waals surface area (Å²) in [4.78, 5) is 24.8. The molecule has 0 amide bonds. The molecule has 0 aliphatic heterocycles. The Labute approximate surface area is 153 Å². The molecular weight excluding hydrogens is 336 g/mol. The molecule has 6 nitrogen and oxygen atoms in total. The summed E-state index contributed by atoms with van der Waals surface area (Å²) in [5.74, 6) is -3.40. The zero-order valence-corrected chi connectivity index (χ0v) is 15.7. The summed E-state index contributed by atoms with van der Waals surface area (Å²) in [6.45, 7) is 5.40. The minimum absolute atomic E-state index is 0.0744. The van der Waals surface area contributed by atoms with Crippen molar-refractivity contribution in [3.8, 4) is 0 Å². The molecule has 0 saturated heterocycles. The first-order chi connectivity index (χ1) is 11.9. The van der Waals surface area contributed by atoms with Gasteiger partial charge in [0.2, 0.25) is 0 Å². The van der Waals surface area contributed by atoms with Gasteiger partial charge in [0.15, 0.2) is 0 Å². The van der Waals surface area contributed by atoms with Crippen molar-refractivity contribution in [3.05, 3.63) is 0 Å². The number of carboxylic acid groups (broad SMARTS) is 2. The van der Waals surface area contributed by atoms with Crippen LogP contribution >= 0.6 is 0 Å². The zero-order valence-electron chi connectivity index (χ0n) is 15.7. The summed E-state index contributed by atoms with van der Waals surface area (Å²) in [5.41, 5.74) is -3.39. The highest BCUT2D eigenvalue weighted by Gasteiger charge is 2.78. The van der Waals surface area contributed by atoms with Gasteiger partial charge < -0.3 is 20.4 Å². The lowest BCUT2D eigenvalue weighted by molar-refractivity contribution is -0.182. The van der Waals surface area contributed by atoms with Crippen molar-refractivity contribution >= 4 is 11.9 Å². The van der Waals surface area contributed by atoms with Crippen molar-refractivity contribution in [2.24, 2.45) is 39.9 Å². The second-order valence-electron chi connectivity index (χ2n) is 10.2. The zero-order chi connectivity index (χ0) is 19.3. The summed E-state index contributed by atoms with van der Waals surface area (Å²) >= 11 is 0. The van der Waals surface area contributed by atoms with Crippen molar-refractivity contribution in [1.29, 1.82) is 0 Å². The Morgan fingerprint density at radius 1 is 1.04 bits per heavy atom. The highest BCUT2D eigenvalue weighted by molar-refractivity contribution is 5.80. The molecule has 4 saturated carbocycles. The highest BCUT2D eigenvalue weighted by atomic mass is 16.4. The smallest absolute Gasteiger partial charge is 0.312 e. The van der Waals surface area contributed by atoms with Gasteiger partial charge in [-0.2, -0.15) is 0 Å². The Kier molecular flexibility index (Phi) is 3.52. The largest absolute Gasteiger partial charge is 0.481 e. The van der Waals surface area contributed by atoms with Crippen LogP contribution in [0.3, 0.4) is 0 Å². The third-order valence-corrected chi connectivity index (χ3v) is 9.17. The normalized spacial score (nSPS) is 58.1. The lowest BCUT2D eigenvalue weighted by Gasteiger charge is -2.52. The molecule has 4 N–H and O–H groups in total. The molecule has 4 fully saturated rings. The van der Waals surface area contributed by atoms with Gasteiger partial charge in [-0.3, -0.25) is 9.59 Å². The molecule has 1 spiro atoms. The minimum Gasteiger partial charge on any atom is -0.481 e. The molecule has 4 aliphatic rings. The second kappa shape index (κ2) is 5.02. The summed E-state index contributed by atoms with van der Waals surface area (Å²) in [5, 5.41) is 41.9. The van der Waals surface area contributed by atoms with Gasteiger partial charge >= 0.3 is 11.9 Å². The predicted molar refractivity (Wildman–Crippen MR) is 92.2 cm³/mol. The maximum Gasteiger partial charge on any atom is 0.312 e. The van der Waals surface area contributed by atoms with Gasteiger partial charge in [-0.1, -0.05) is 6.92 Å². The number of rotatable bonds is 2. The number of carboxylic acids is 2. The molecule has 26 heavy (non-hydrogen) atoms. The van der Waals surface area contributed by atoms with Crippen molar-refractivity contribution < 1.29 is 30.0 Å². The lowest BCUT2D eigenvalue weighted by Crippen LogP contribution is -2.57. The van der Waals surface area contributed by atoms with Crippen LogP contribution in [-0.2, 0) is 9.59 Å². The molecule has 0 aromatic heterocycles. The Balaban J connectivity index is 1.94. The molecule has 4 aliphatic carbocycles. The van der Waals surface area contributed by atoms with Crippen molar-refractivity contribution in [1.82, 2.24) is 0 Å². The number of aliphatic carboxylic acids is 2. The van der Waals surface area contributed by atoms with E-state index in [2.05, 4.69) is 0 Å². The Hall–Kier alpha value is -1.14. The van der Waals surface area contributed by atoms with E-state index in [1.165, 1.54) is 6.92 Å². The fraction of sp³-hybridized carbons (Fsp3) is 0.900. The van der Waals surface area contributed by atoms with Crippen LogP contribution in [0.4, 0.5) is 0 Å². The maximum atomic E-state index is 12.5. The Morgan fingerprint density at radius 3 is 2.27 bits per heavy atom. The second-order valence-corrected chi connectivity index (χ2v) is 10.2. The maximum absolute atomic E-state index is 12.5. The van der Waals surface area contributed by atoms with Crippen LogP contribution in [0.1, 0.15) is 59.3 Å². The van der Waals surface area contributed by atoms with Gasteiger partial charge in [0.05, 0.1) is 23.0 Å². The van der Waals surface area contributed by atoms with Crippen molar-refractivity contribution in [2.45, 2.75) is 71.0 Å². The van der Waals surface area contributed by atoms with Crippen LogP contribution < -0.4 is 0 Å². The first kappa shape index (κ1) is 18.2. The predicted octanol–water partition coefficient (Wildman–Crippen LogP) is 2.13. The van der Waals surface area contributed by atoms with Crippen LogP contribution in [0, 0.1) is 39.9 Å². The van der Waals surface area contributed by atoms with Crippen LogP contribution in [-0.4, -0.2) is 44.1 Å².